The van der Waals surface area contributed by atoms with Crippen molar-refractivity contribution in [2.45, 2.75) is 18.9 Å². The van der Waals surface area contributed by atoms with Crippen LogP contribution in [0.1, 0.15) is 33.7 Å². The third-order valence-corrected chi connectivity index (χ3v) is 6.22. The largest absolute Gasteiger partial charge is 0.320 e. The second-order valence-corrected chi connectivity index (χ2v) is 8.82. The summed E-state index contributed by atoms with van der Waals surface area (Å²) in [4.78, 5) is 12.2. The summed E-state index contributed by atoms with van der Waals surface area (Å²) < 4.78 is 25.0. The van der Waals surface area contributed by atoms with Gasteiger partial charge in [0.05, 0.1) is 12.3 Å². The lowest BCUT2D eigenvalue weighted by atomic mass is 10.2. The maximum absolute atomic E-state index is 12.2. The van der Waals surface area contributed by atoms with Crippen molar-refractivity contribution < 1.29 is 13.2 Å². The molecule has 0 saturated carbocycles. The first-order valence-electron chi connectivity index (χ1n) is 7.22. The quantitative estimate of drug-likeness (QED) is 0.871. The van der Waals surface area contributed by atoms with Gasteiger partial charge in [0.2, 0.25) is 15.0 Å². The van der Waals surface area contributed by atoms with E-state index in [-0.39, 0.29) is 17.0 Å². The standard InChI is InChI=1S/C14H15ClN4O3S2/c1-24(21,22)19-8-2-3-11(19)13-17-18-14(23-13)12(20)16-10-6-4-9(15)5-7-10/h4-7,11H,2-3,8H2,1H3,(H,16,20). The summed E-state index contributed by atoms with van der Waals surface area (Å²) in [6.07, 6.45) is 2.63. The first-order chi connectivity index (χ1) is 11.3. The molecular formula is C14H15ClN4O3S2. The average Bonchev–Trinajstić information content (AvgIpc) is 3.17. The van der Waals surface area contributed by atoms with Crippen molar-refractivity contribution in [3.05, 3.63) is 39.3 Å². The zero-order valence-corrected chi connectivity index (χ0v) is 15.2. The third kappa shape index (κ3) is 3.75. The van der Waals surface area contributed by atoms with E-state index in [0.29, 0.717) is 28.7 Å². The van der Waals surface area contributed by atoms with Crippen LogP contribution in [0.2, 0.25) is 5.02 Å². The number of amides is 1. The van der Waals surface area contributed by atoms with Gasteiger partial charge in [-0.15, -0.1) is 10.2 Å². The van der Waals surface area contributed by atoms with Crippen molar-refractivity contribution in [2.24, 2.45) is 0 Å². The Morgan fingerprint density at radius 3 is 2.71 bits per heavy atom. The number of aromatic nitrogens is 2. The van der Waals surface area contributed by atoms with Gasteiger partial charge in [0.25, 0.3) is 5.91 Å². The molecule has 2 heterocycles. The molecule has 10 heteroatoms. The molecule has 1 atom stereocenters. The molecule has 7 nitrogen and oxygen atoms in total. The number of carbonyl (C=O) groups excluding carboxylic acids is 1. The first kappa shape index (κ1) is 17.3. The van der Waals surface area contributed by atoms with Crippen LogP contribution >= 0.6 is 22.9 Å². The van der Waals surface area contributed by atoms with E-state index in [1.54, 1.807) is 24.3 Å². The average molecular weight is 387 g/mol. The number of carbonyl (C=O) groups is 1. The minimum atomic E-state index is -3.30. The van der Waals surface area contributed by atoms with E-state index in [1.165, 1.54) is 10.6 Å². The molecule has 24 heavy (non-hydrogen) atoms. The molecule has 1 amide bonds. The Bertz CT molecular complexity index is 851. The van der Waals surface area contributed by atoms with Crippen molar-refractivity contribution in [3.8, 4) is 0 Å². The Morgan fingerprint density at radius 1 is 1.33 bits per heavy atom. The van der Waals surface area contributed by atoms with Crippen LogP contribution in [0.25, 0.3) is 0 Å². The molecule has 0 radical (unpaired) electrons. The van der Waals surface area contributed by atoms with Gasteiger partial charge in [0.15, 0.2) is 0 Å². The van der Waals surface area contributed by atoms with Crippen LogP contribution in [0.3, 0.4) is 0 Å². The molecular weight excluding hydrogens is 372 g/mol. The van der Waals surface area contributed by atoms with Gasteiger partial charge in [-0.3, -0.25) is 4.79 Å². The van der Waals surface area contributed by atoms with Crippen molar-refractivity contribution in [1.29, 1.82) is 0 Å². The van der Waals surface area contributed by atoms with Crippen molar-refractivity contribution in [2.75, 3.05) is 18.1 Å². The number of anilines is 1. The SMILES string of the molecule is CS(=O)(=O)N1CCCC1c1nnc(C(=O)Nc2ccc(Cl)cc2)s1. The smallest absolute Gasteiger partial charge is 0.286 e. The molecule has 1 aromatic carbocycles. The zero-order valence-electron chi connectivity index (χ0n) is 12.8. The fraction of sp³-hybridized carbons (Fsp3) is 0.357. The van der Waals surface area contributed by atoms with Crippen LogP contribution in [0.4, 0.5) is 5.69 Å². The highest BCUT2D eigenvalue weighted by atomic mass is 35.5. The van der Waals surface area contributed by atoms with Crippen LogP contribution in [0.15, 0.2) is 24.3 Å². The van der Waals surface area contributed by atoms with E-state index >= 15 is 0 Å². The van der Waals surface area contributed by atoms with E-state index in [4.69, 9.17) is 11.6 Å². The van der Waals surface area contributed by atoms with Gasteiger partial charge in [-0.25, -0.2) is 8.42 Å². The van der Waals surface area contributed by atoms with Gasteiger partial charge in [-0.05, 0) is 37.1 Å². The topological polar surface area (TPSA) is 92.3 Å². The molecule has 128 valence electrons. The van der Waals surface area contributed by atoms with Crippen LogP contribution in [0, 0.1) is 0 Å². The summed E-state index contributed by atoms with van der Waals surface area (Å²) in [6, 6.07) is 6.38. The predicted molar refractivity (Wildman–Crippen MR) is 92.8 cm³/mol. The number of nitrogens with zero attached hydrogens (tertiary/aromatic N) is 3. The highest BCUT2D eigenvalue weighted by Gasteiger charge is 2.35. The zero-order chi connectivity index (χ0) is 17.3. The molecule has 3 rings (SSSR count). The highest BCUT2D eigenvalue weighted by Crippen LogP contribution is 2.35. The minimum Gasteiger partial charge on any atom is -0.320 e. The number of rotatable bonds is 4. The van der Waals surface area contributed by atoms with Gasteiger partial charge in [-0.2, -0.15) is 4.31 Å². The molecule has 1 N–H and O–H groups in total. The molecule has 1 aliphatic rings. The van der Waals surface area contributed by atoms with E-state index in [0.717, 1.165) is 17.8 Å². The van der Waals surface area contributed by atoms with Crippen LogP contribution in [-0.4, -0.2) is 41.6 Å². The second-order valence-electron chi connectivity index (χ2n) is 5.44. The van der Waals surface area contributed by atoms with Gasteiger partial charge < -0.3 is 5.32 Å². The molecule has 1 fully saturated rings. The lowest BCUT2D eigenvalue weighted by molar-refractivity contribution is 0.102. The molecule has 2 aromatic rings. The first-order valence-corrected chi connectivity index (χ1v) is 10.3. The summed E-state index contributed by atoms with van der Waals surface area (Å²) in [5.74, 6) is -0.384. The van der Waals surface area contributed by atoms with E-state index in [9.17, 15) is 13.2 Å². The van der Waals surface area contributed by atoms with Crippen molar-refractivity contribution >= 4 is 44.6 Å². The Labute approximate surface area is 148 Å². The number of nitrogens with one attached hydrogen (secondary N) is 1. The number of hydrogen-bond donors (Lipinski definition) is 1. The summed E-state index contributed by atoms with van der Waals surface area (Å²) in [7, 11) is -3.30. The van der Waals surface area contributed by atoms with Gasteiger partial charge in [0.1, 0.15) is 5.01 Å². The normalized spacial score (nSPS) is 18.7. The molecule has 1 aliphatic heterocycles. The number of sulfonamides is 1. The molecule has 0 spiro atoms. The predicted octanol–water partition coefficient (Wildman–Crippen LogP) is 2.54. The van der Waals surface area contributed by atoms with Crippen LogP contribution in [-0.2, 0) is 10.0 Å². The summed E-state index contributed by atoms with van der Waals surface area (Å²) in [6.45, 7) is 0.468. The van der Waals surface area contributed by atoms with Gasteiger partial charge >= 0.3 is 0 Å². The summed E-state index contributed by atoms with van der Waals surface area (Å²) >= 11 is 6.92. The highest BCUT2D eigenvalue weighted by molar-refractivity contribution is 7.88. The third-order valence-electron chi connectivity index (χ3n) is 3.65. The van der Waals surface area contributed by atoms with Crippen LogP contribution in [0.5, 0.6) is 0 Å². The fourth-order valence-corrected chi connectivity index (χ4v) is 4.77. The van der Waals surface area contributed by atoms with E-state index < -0.39 is 10.0 Å². The second kappa shape index (κ2) is 6.75. The Balaban J connectivity index is 1.75. The number of hydrogen-bond acceptors (Lipinski definition) is 6. The number of benzene rings is 1. The lowest BCUT2D eigenvalue weighted by Gasteiger charge is -2.19. The summed E-state index contributed by atoms with van der Waals surface area (Å²) in [5.41, 5.74) is 0.597. The Hall–Kier alpha value is -1.55. The minimum absolute atomic E-state index is 0.195. The molecule has 1 saturated heterocycles. The fourth-order valence-electron chi connectivity index (χ4n) is 2.56. The van der Waals surface area contributed by atoms with Crippen LogP contribution < -0.4 is 5.32 Å². The monoisotopic (exact) mass is 386 g/mol. The van der Waals surface area contributed by atoms with Gasteiger partial charge in [-0.1, -0.05) is 22.9 Å². The van der Waals surface area contributed by atoms with E-state index in [1.807, 2.05) is 0 Å². The molecule has 0 aliphatic carbocycles. The number of halogens is 1. The van der Waals surface area contributed by atoms with Crippen molar-refractivity contribution in [3.63, 3.8) is 0 Å². The van der Waals surface area contributed by atoms with Crippen molar-refractivity contribution in [1.82, 2.24) is 14.5 Å². The Morgan fingerprint density at radius 2 is 2.04 bits per heavy atom. The van der Waals surface area contributed by atoms with Gasteiger partial charge in [0, 0.05) is 17.3 Å². The summed E-state index contributed by atoms with van der Waals surface area (Å²) in [5, 5.41) is 11.9. The van der Waals surface area contributed by atoms with E-state index in [2.05, 4.69) is 15.5 Å². The molecule has 1 unspecified atom stereocenters. The molecule has 1 aromatic heterocycles. The molecule has 0 bridgehead atoms. The Kier molecular flexibility index (Phi) is 4.86. The lowest BCUT2D eigenvalue weighted by Crippen LogP contribution is -2.29. The maximum atomic E-state index is 12.2. The maximum Gasteiger partial charge on any atom is 0.286 e.